The Morgan fingerprint density at radius 1 is 1.18 bits per heavy atom. The first-order valence-electron chi connectivity index (χ1n) is 5.99. The van der Waals surface area contributed by atoms with Crippen LogP contribution in [0.4, 0.5) is 0 Å². The lowest BCUT2D eigenvalue weighted by molar-refractivity contribution is 0.0831. The smallest absolute Gasteiger partial charge is 0.0750 e. The van der Waals surface area contributed by atoms with Crippen LogP contribution in [0.5, 0.6) is 0 Å². The van der Waals surface area contributed by atoms with Gasteiger partial charge in [0, 0.05) is 7.11 Å². The lowest BCUT2D eigenvalue weighted by Gasteiger charge is -2.24. The number of ether oxygens (including phenoxy) is 1. The van der Waals surface area contributed by atoms with Crippen LogP contribution >= 0.6 is 0 Å². The summed E-state index contributed by atoms with van der Waals surface area (Å²) in [5.74, 6) is 5.58. The molecule has 0 aliphatic rings. The van der Waals surface area contributed by atoms with E-state index in [-0.39, 0.29) is 17.6 Å². The molecule has 0 saturated heterocycles. The Hall–Kier alpha value is -0.900. The largest absolute Gasteiger partial charge is 0.380 e. The molecule has 1 aromatic rings. The molecule has 0 bridgehead atoms. The molecule has 3 heteroatoms. The fraction of sp³-hybridized carbons (Fsp3) is 0.571. The van der Waals surface area contributed by atoms with E-state index < -0.39 is 0 Å². The van der Waals surface area contributed by atoms with Gasteiger partial charge in [0.25, 0.3) is 0 Å². The summed E-state index contributed by atoms with van der Waals surface area (Å²) in [5, 5.41) is 0. The second kappa shape index (κ2) is 5.63. The van der Waals surface area contributed by atoms with Gasteiger partial charge < -0.3 is 4.74 Å². The van der Waals surface area contributed by atoms with Crippen LogP contribution in [0.15, 0.2) is 24.3 Å². The summed E-state index contributed by atoms with van der Waals surface area (Å²) < 4.78 is 5.31. The topological polar surface area (TPSA) is 47.3 Å². The van der Waals surface area contributed by atoms with Gasteiger partial charge in [-0.3, -0.25) is 11.3 Å². The van der Waals surface area contributed by atoms with Gasteiger partial charge in [-0.1, -0.05) is 45.0 Å². The van der Waals surface area contributed by atoms with Crippen LogP contribution in [0.2, 0.25) is 0 Å². The lowest BCUT2D eigenvalue weighted by Crippen LogP contribution is -2.36. The average Bonchev–Trinajstić information content (AvgIpc) is 2.29. The fourth-order valence-corrected chi connectivity index (χ4v) is 1.83. The van der Waals surface area contributed by atoms with Gasteiger partial charge in [-0.25, -0.2) is 0 Å². The van der Waals surface area contributed by atoms with Gasteiger partial charge in [0.1, 0.15) is 0 Å². The van der Waals surface area contributed by atoms with Crippen molar-refractivity contribution in [2.45, 2.75) is 45.3 Å². The zero-order chi connectivity index (χ0) is 13.1. The van der Waals surface area contributed by atoms with Gasteiger partial charge in [-0.2, -0.15) is 0 Å². The highest BCUT2D eigenvalue weighted by Gasteiger charge is 2.19. The van der Waals surface area contributed by atoms with Crippen molar-refractivity contribution in [1.29, 1.82) is 0 Å². The first kappa shape index (κ1) is 14.2. The third-order valence-corrected chi connectivity index (χ3v) is 3.16. The first-order chi connectivity index (χ1) is 7.90. The number of hydrazine groups is 1. The van der Waals surface area contributed by atoms with Crippen molar-refractivity contribution in [2.24, 2.45) is 5.84 Å². The molecule has 0 radical (unpaired) electrons. The van der Waals surface area contributed by atoms with Crippen LogP contribution < -0.4 is 11.3 Å². The van der Waals surface area contributed by atoms with Crippen LogP contribution in [0.1, 0.15) is 44.9 Å². The summed E-state index contributed by atoms with van der Waals surface area (Å²) in [6, 6.07) is 8.56. The van der Waals surface area contributed by atoms with E-state index >= 15 is 0 Å². The Morgan fingerprint density at radius 2 is 1.71 bits per heavy atom. The molecule has 0 saturated carbocycles. The molecular weight excluding hydrogens is 212 g/mol. The molecule has 0 aliphatic carbocycles. The Bertz CT molecular complexity index is 340. The summed E-state index contributed by atoms with van der Waals surface area (Å²) in [4.78, 5) is 0. The minimum atomic E-state index is 0.0222. The van der Waals surface area contributed by atoms with Crippen LogP contribution in [-0.2, 0) is 10.2 Å². The van der Waals surface area contributed by atoms with Crippen molar-refractivity contribution in [1.82, 2.24) is 5.43 Å². The van der Waals surface area contributed by atoms with E-state index in [0.717, 1.165) is 5.56 Å². The Morgan fingerprint density at radius 3 is 2.06 bits per heavy atom. The van der Waals surface area contributed by atoms with Gasteiger partial charge in [0.15, 0.2) is 0 Å². The van der Waals surface area contributed by atoms with E-state index in [1.807, 2.05) is 6.92 Å². The Balaban J connectivity index is 2.93. The minimum absolute atomic E-state index is 0.0222. The third-order valence-electron chi connectivity index (χ3n) is 3.16. The van der Waals surface area contributed by atoms with E-state index in [0.29, 0.717) is 0 Å². The summed E-state index contributed by atoms with van der Waals surface area (Å²) in [5.41, 5.74) is 5.45. The van der Waals surface area contributed by atoms with Crippen LogP contribution in [-0.4, -0.2) is 13.2 Å². The number of benzene rings is 1. The maximum Gasteiger partial charge on any atom is 0.0750 e. The quantitative estimate of drug-likeness (QED) is 0.624. The Labute approximate surface area is 104 Å². The maximum absolute atomic E-state index is 5.58. The second-order valence-electron chi connectivity index (χ2n) is 5.46. The summed E-state index contributed by atoms with van der Waals surface area (Å²) >= 11 is 0. The number of methoxy groups -OCH3 is 1. The van der Waals surface area contributed by atoms with Gasteiger partial charge in [0.2, 0.25) is 0 Å². The fourth-order valence-electron chi connectivity index (χ4n) is 1.83. The van der Waals surface area contributed by atoms with Crippen molar-refractivity contribution in [3.63, 3.8) is 0 Å². The molecule has 96 valence electrons. The number of nitrogens with two attached hydrogens (primary N) is 1. The highest BCUT2D eigenvalue weighted by Crippen LogP contribution is 2.25. The molecule has 1 rings (SSSR count). The molecule has 0 heterocycles. The van der Waals surface area contributed by atoms with E-state index in [9.17, 15) is 0 Å². The summed E-state index contributed by atoms with van der Waals surface area (Å²) in [6.07, 6.45) is 0.0421. The molecule has 0 aliphatic heterocycles. The van der Waals surface area contributed by atoms with E-state index in [1.165, 1.54) is 5.56 Å². The monoisotopic (exact) mass is 236 g/mol. The highest BCUT2D eigenvalue weighted by atomic mass is 16.5. The number of nitrogens with one attached hydrogen (secondary N) is 1. The molecule has 0 spiro atoms. The van der Waals surface area contributed by atoms with Crippen LogP contribution in [0.25, 0.3) is 0 Å². The third kappa shape index (κ3) is 3.53. The molecule has 0 fully saturated rings. The van der Waals surface area contributed by atoms with E-state index in [2.05, 4.69) is 50.5 Å². The zero-order valence-electron chi connectivity index (χ0n) is 11.4. The SMILES string of the molecule is COC(C)C(NN)c1ccc(C(C)(C)C)cc1. The summed E-state index contributed by atoms with van der Waals surface area (Å²) in [7, 11) is 1.69. The number of hydrogen-bond donors (Lipinski definition) is 2. The summed E-state index contributed by atoms with van der Waals surface area (Å²) in [6.45, 7) is 8.62. The van der Waals surface area contributed by atoms with Gasteiger partial charge in [-0.15, -0.1) is 0 Å². The number of rotatable bonds is 4. The predicted octanol–water partition coefficient (Wildman–Crippen LogP) is 2.52. The van der Waals surface area contributed by atoms with E-state index in [4.69, 9.17) is 10.6 Å². The molecule has 0 aromatic heterocycles. The molecular formula is C14H24N2O. The predicted molar refractivity (Wildman–Crippen MR) is 71.7 cm³/mol. The Kier molecular flexibility index (Phi) is 4.69. The van der Waals surface area contributed by atoms with E-state index in [1.54, 1.807) is 7.11 Å². The zero-order valence-corrected chi connectivity index (χ0v) is 11.4. The average molecular weight is 236 g/mol. The van der Waals surface area contributed by atoms with Crippen molar-refractivity contribution < 1.29 is 4.74 Å². The standard InChI is InChI=1S/C14H24N2O/c1-10(17-5)13(16-15)11-6-8-12(9-7-11)14(2,3)4/h6-10,13,16H,15H2,1-5H3. The normalized spacial score (nSPS) is 15.6. The van der Waals surface area contributed by atoms with Crippen molar-refractivity contribution in [3.05, 3.63) is 35.4 Å². The molecule has 0 amide bonds. The van der Waals surface area contributed by atoms with Crippen LogP contribution in [0, 0.1) is 0 Å². The van der Waals surface area contributed by atoms with Gasteiger partial charge in [-0.05, 0) is 23.5 Å². The lowest BCUT2D eigenvalue weighted by atomic mass is 9.86. The second-order valence-corrected chi connectivity index (χ2v) is 5.46. The molecule has 3 nitrogen and oxygen atoms in total. The molecule has 3 N–H and O–H groups in total. The van der Waals surface area contributed by atoms with Crippen molar-refractivity contribution >= 4 is 0 Å². The van der Waals surface area contributed by atoms with Crippen LogP contribution in [0.3, 0.4) is 0 Å². The van der Waals surface area contributed by atoms with Gasteiger partial charge >= 0.3 is 0 Å². The van der Waals surface area contributed by atoms with Crippen molar-refractivity contribution in [3.8, 4) is 0 Å². The first-order valence-corrected chi connectivity index (χ1v) is 5.99. The molecule has 2 unspecified atom stereocenters. The number of hydrogen-bond acceptors (Lipinski definition) is 3. The highest BCUT2D eigenvalue weighted by molar-refractivity contribution is 5.29. The van der Waals surface area contributed by atoms with Gasteiger partial charge in [0.05, 0.1) is 12.1 Å². The molecule has 1 aromatic carbocycles. The molecule has 2 atom stereocenters. The minimum Gasteiger partial charge on any atom is -0.380 e. The molecule has 17 heavy (non-hydrogen) atoms. The van der Waals surface area contributed by atoms with Crippen molar-refractivity contribution in [2.75, 3.05) is 7.11 Å². The maximum atomic E-state index is 5.58.